The molecule has 0 amide bonds. The van der Waals surface area contributed by atoms with Gasteiger partial charge in [0.2, 0.25) is 0 Å². The van der Waals surface area contributed by atoms with Gasteiger partial charge in [-0.05, 0) is 6.07 Å². The molecule has 4 heteroatoms. The van der Waals surface area contributed by atoms with Gasteiger partial charge in [-0.3, -0.25) is 5.10 Å². The average molecular weight is 144 g/mol. The molecule has 0 aliphatic rings. The highest BCUT2D eigenvalue weighted by Gasteiger charge is 1.79. The highest BCUT2D eigenvalue weighted by Crippen LogP contribution is 1.98. The lowest BCUT2D eigenvalue weighted by Crippen LogP contribution is -1.77. The zero-order valence-electron chi connectivity index (χ0n) is 3.96. The molecule has 0 saturated heterocycles. The number of rotatable bonds is 0. The molecular weight excluding hydrogens is 140 g/mol. The number of H-pyrrole nitrogens is 1. The number of nitrogens with one attached hydrogen (secondary N) is 1. The van der Waals surface area contributed by atoms with E-state index < -0.39 is 0 Å². The summed E-state index contributed by atoms with van der Waals surface area (Å²) in [6.45, 7) is 0. The molecule has 1 rings (SSSR count). The van der Waals surface area contributed by atoms with Gasteiger partial charge < -0.3 is 0 Å². The molecule has 0 aromatic carbocycles. The van der Waals surface area contributed by atoms with Gasteiger partial charge in [-0.2, -0.15) is 5.10 Å². The van der Waals surface area contributed by atoms with Gasteiger partial charge in [0.15, 0.2) is 0 Å². The second-order valence-electron chi connectivity index (χ2n) is 1.30. The molecule has 8 heavy (non-hydrogen) atoms. The van der Waals surface area contributed by atoms with Gasteiger partial charge in [-0.1, -0.05) is 12.2 Å². The van der Waals surface area contributed by atoms with Gasteiger partial charge in [0, 0.05) is 4.90 Å². The lowest BCUT2D eigenvalue weighted by Gasteiger charge is -1.84. The Morgan fingerprint density at radius 2 is 2.50 bits per heavy atom. The van der Waals surface area contributed by atoms with E-state index >= 15 is 0 Å². The fraction of sp³-hybridized carbons (Fsp3) is 0. The van der Waals surface area contributed by atoms with Crippen molar-refractivity contribution in [1.82, 2.24) is 10.2 Å². The Balaban J connectivity index is 3.28. The summed E-state index contributed by atoms with van der Waals surface area (Å²) in [6.07, 6.45) is 1.60. The van der Waals surface area contributed by atoms with Gasteiger partial charge in [-0.15, -0.1) is 12.6 Å². The number of aromatic nitrogens is 2. The fourth-order valence-electron chi connectivity index (χ4n) is 0.366. The molecule has 1 aromatic heterocycles. The van der Waals surface area contributed by atoms with E-state index in [-0.39, 0.29) is 0 Å². The van der Waals surface area contributed by atoms with E-state index in [0.29, 0.717) is 4.64 Å². The molecular formula is C4H4N2S2. The minimum Gasteiger partial charge on any atom is -0.268 e. The van der Waals surface area contributed by atoms with Crippen LogP contribution < -0.4 is 0 Å². The van der Waals surface area contributed by atoms with E-state index in [9.17, 15) is 0 Å². The third-order valence-corrected chi connectivity index (χ3v) is 1.10. The largest absolute Gasteiger partial charge is 0.268 e. The van der Waals surface area contributed by atoms with Crippen LogP contribution >= 0.6 is 24.8 Å². The van der Waals surface area contributed by atoms with Gasteiger partial charge in [0.05, 0.1) is 6.20 Å². The van der Waals surface area contributed by atoms with Crippen molar-refractivity contribution < 1.29 is 0 Å². The Morgan fingerprint density at radius 1 is 1.75 bits per heavy atom. The fourth-order valence-corrected chi connectivity index (χ4v) is 0.820. The van der Waals surface area contributed by atoms with Crippen molar-refractivity contribution in [3.05, 3.63) is 16.9 Å². The number of hydrogen-bond donors (Lipinski definition) is 2. The first-order valence-corrected chi connectivity index (χ1v) is 2.88. The van der Waals surface area contributed by atoms with E-state index in [0.717, 1.165) is 4.90 Å². The Kier molecular flexibility index (Phi) is 1.65. The molecule has 0 spiro atoms. The summed E-state index contributed by atoms with van der Waals surface area (Å²) in [5.41, 5.74) is 0. The lowest BCUT2D eigenvalue weighted by atomic mass is 10.6. The van der Waals surface area contributed by atoms with E-state index in [1.807, 2.05) is 0 Å². The number of aromatic amines is 1. The summed E-state index contributed by atoms with van der Waals surface area (Å²) >= 11 is 8.74. The number of hydrogen-bond acceptors (Lipinski definition) is 3. The predicted octanol–water partition coefficient (Wildman–Crippen LogP) is 1.43. The van der Waals surface area contributed by atoms with E-state index in [1.54, 1.807) is 12.3 Å². The summed E-state index contributed by atoms with van der Waals surface area (Å²) in [6, 6.07) is 1.73. The maximum Gasteiger partial charge on any atom is 0.120 e. The minimum absolute atomic E-state index is 0.609. The molecule has 1 N–H and O–H groups in total. The maximum atomic E-state index is 4.73. The Labute approximate surface area is 57.4 Å². The Bertz CT molecular complexity index is 229. The van der Waals surface area contributed by atoms with Gasteiger partial charge >= 0.3 is 0 Å². The van der Waals surface area contributed by atoms with Crippen molar-refractivity contribution >= 4 is 24.8 Å². The van der Waals surface area contributed by atoms with Crippen molar-refractivity contribution in [2.24, 2.45) is 0 Å². The van der Waals surface area contributed by atoms with Crippen LogP contribution in [0.4, 0.5) is 0 Å². The highest BCUT2D eigenvalue weighted by molar-refractivity contribution is 7.80. The van der Waals surface area contributed by atoms with Gasteiger partial charge in [0.1, 0.15) is 4.64 Å². The molecule has 1 heterocycles. The minimum atomic E-state index is 0.609. The van der Waals surface area contributed by atoms with Crippen molar-refractivity contribution in [2.45, 2.75) is 4.90 Å². The molecule has 42 valence electrons. The van der Waals surface area contributed by atoms with Crippen LogP contribution in [0.25, 0.3) is 0 Å². The van der Waals surface area contributed by atoms with E-state index in [1.165, 1.54) is 0 Å². The van der Waals surface area contributed by atoms with Crippen LogP contribution in [0.1, 0.15) is 0 Å². The number of nitrogens with zero attached hydrogens (tertiary/aromatic N) is 1. The molecule has 0 unspecified atom stereocenters. The average Bonchev–Trinajstić information content (AvgIpc) is 1.64. The molecule has 0 fully saturated rings. The van der Waals surface area contributed by atoms with E-state index in [4.69, 9.17) is 12.2 Å². The third kappa shape index (κ3) is 1.31. The summed E-state index contributed by atoms with van der Waals surface area (Å²) < 4.78 is 0.609. The molecule has 0 atom stereocenters. The second kappa shape index (κ2) is 2.28. The first-order chi connectivity index (χ1) is 3.79. The van der Waals surface area contributed by atoms with Crippen LogP contribution in [0.5, 0.6) is 0 Å². The smallest absolute Gasteiger partial charge is 0.120 e. The van der Waals surface area contributed by atoms with Crippen molar-refractivity contribution in [3.8, 4) is 0 Å². The van der Waals surface area contributed by atoms with Crippen LogP contribution in [0, 0.1) is 4.64 Å². The SMILES string of the molecule is S=c1cc(S)cn[nH]1. The number of thiol groups is 1. The molecule has 2 nitrogen and oxygen atoms in total. The molecule has 0 aliphatic carbocycles. The lowest BCUT2D eigenvalue weighted by molar-refractivity contribution is 0.984. The Morgan fingerprint density at radius 3 is 2.88 bits per heavy atom. The van der Waals surface area contributed by atoms with Gasteiger partial charge in [0.25, 0.3) is 0 Å². The first kappa shape index (κ1) is 5.78. The van der Waals surface area contributed by atoms with E-state index in [2.05, 4.69) is 22.8 Å². The Hall–Kier alpha value is -0.350. The van der Waals surface area contributed by atoms with Crippen molar-refractivity contribution in [2.75, 3.05) is 0 Å². The summed E-state index contributed by atoms with van der Waals surface area (Å²) in [5, 5.41) is 6.27. The first-order valence-electron chi connectivity index (χ1n) is 2.03. The molecule has 1 aromatic rings. The van der Waals surface area contributed by atoms with Crippen LogP contribution in [-0.4, -0.2) is 10.2 Å². The molecule has 0 saturated carbocycles. The summed E-state index contributed by atoms with van der Waals surface area (Å²) in [4.78, 5) is 0.786. The highest BCUT2D eigenvalue weighted by atomic mass is 32.1. The topological polar surface area (TPSA) is 28.7 Å². The second-order valence-corrected chi connectivity index (χ2v) is 2.26. The normalized spacial score (nSPS) is 9.12. The predicted molar refractivity (Wildman–Crippen MR) is 36.7 cm³/mol. The van der Waals surface area contributed by atoms with Crippen LogP contribution in [0.3, 0.4) is 0 Å². The standard InChI is InChI=1S/C4H4N2S2/c7-3-1-4(8)6-5-2-3/h1-2H,(H2,6,7,8). The van der Waals surface area contributed by atoms with Crippen molar-refractivity contribution in [3.63, 3.8) is 0 Å². The maximum absolute atomic E-state index is 4.73. The summed E-state index contributed by atoms with van der Waals surface area (Å²) in [5.74, 6) is 0. The molecule has 0 radical (unpaired) electrons. The van der Waals surface area contributed by atoms with Gasteiger partial charge in [-0.25, -0.2) is 0 Å². The summed E-state index contributed by atoms with van der Waals surface area (Å²) in [7, 11) is 0. The third-order valence-electron chi connectivity index (χ3n) is 0.651. The zero-order valence-corrected chi connectivity index (χ0v) is 5.67. The van der Waals surface area contributed by atoms with Crippen LogP contribution in [0.2, 0.25) is 0 Å². The molecule has 0 bridgehead atoms. The van der Waals surface area contributed by atoms with Crippen molar-refractivity contribution in [1.29, 1.82) is 0 Å². The zero-order chi connectivity index (χ0) is 5.98. The van der Waals surface area contributed by atoms with Crippen LogP contribution in [0.15, 0.2) is 17.2 Å². The molecule has 0 aliphatic heterocycles. The van der Waals surface area contributed by atoms with Crippen LogP contribution in [-0.2, 0) is 0 Å². The monoisotopic (exact) mass is 144 g/mol. The quantitative estimate of drug-likeness (QED) is 0.426.